The molecule has 6 nitrogen and oxygen atoms in total. The maximum atomic E-state index is 5.72. The monoisotopic (exact) mass is 344 g/mol. The van der Waals surface area contributed by atoms with Crippen LogP contribution in [-0.2, 0) is 13.1 Å². The summed E-state index contributed by atoms with van der Waals surface area (Å²) in [5.74, 6) is 2.39. The van der Waals surface area contributed by atoms with Gasteiger partial charge < -0.3 is 9.26 Å². The second-order valence-corrected chi connectivity index (χ2v) is 6.63. The Morgan fingerprint density at radius 3 is 2.32 bits per heavy atom. The predicted octanol–water partition coefficient (Wildman–Crippen LogP) is 2.87. The molecule has 0 spiro atoms. The lowest BCUT2D eigenvalue weighted by Gasteiger charge is -2.34. The molecule has 0 atom stereocenters. The molecule has 1 aliphatic heterocycles. The summed E-state index contributed by atoms with van der Waals surface area (Å²) in [5.41, 5.74) is 1.34. The fourth-order valence-corrected chi connectivity index (χ4v) is 2.99. The van der Waals surface area contributed by atoms with Crippen LogP contribution in [0.1, 0.15) is 37.0 Å². The van der Waals surface area contributed by atoms with Gasteiger partial charge in [-0.2, -0.15) is 4.98 Å². The molecular weight excluding hydrogens is 316 g/mol. The highest BCUT2D eigenvalue weighted by Gasteiger charge is 2.18. The molecule has 25 heavy (non-hydrogen) atoms. The number of hydrogen-bond acceptors (Lipinski definition) is 6. The zero-order chi connectivity index (χ0) is 17.5. The molecule has 1 fully saturated rings. The molecule has 0 bridgehead atoms. The topological polar surface area (TPSA) is 54.6 Å². The van der Waals surface area contributed by atoms with Gasteiger partial charge >= 0.3 is 0 Å². The summed E-state index contributed by atoms with van der Waals surface area (Å²) < 4.78 is 10.8. The Morgan fingerprint density at radius 1 is 1.04 bits per heavy atom. The fraction of sp³-hybridized carbons (Fsp3) is 0.579. The molecular formula is C19H28N4O2. The summed E-state index contributed by atoms with van der Waals surface area (Å²) in [7, 11) is 0. The van der Waals surface area contributed by atoms with Crippen molar-refractivity contribution in [3.63, 3.8) is 0 Å². The average Bonchev–Trinajstić information content (AvgIpc) is 3.03. The molecule has 6 heteroatoms. The molecule has 1 aromatic heterocycles. The lowest BCUT2D eigenvalue weighted by Crippen LogP contribution is -2.45. The summed E-state index contributed by atoms with van der Waals surface area (Å²) in [6, 6.07) is 8.52. The Bertz CT molecular complexity index is 633. The highest BCUT2D eigenvalue weighted by atomic mass is 16.5. The molecule has 0 unspecified atom stereocenters. The van der Waals surface area contributed by atoms with Crippen LogP contribution in [0.5, 0.6) is 5.75 Å². The van der Waals surface area contributed by atoms with E-state index in [0.29, 0.717) is 5.89 Å². The highest BCUT2D eigenvalue weighted by molar-refractivity contribution is 5.27. The van der Waals surface area contributed by atoms with E-state index in [1.165, 1.54) is 5.56 Å². The van der Waals surface area contributed by atoms with Crippen LogP contribution in [0.4, 0.5) is 0 Å². The Labute approximate surface area is 149 Å². The van der Waals surface area contributed by atoms with Gasteiger partial charge in [0.2, 0.25) is 5.89 Å². The molecule has 3 rings (SSSR count). The van der Waals surface area contributed by atoms with E-state index in [1.807, 2.05) is 6.92 Å². The van der Waals surface area contributed by atoms with Crippen LogP contribution >= 0.6 is 0 Å². The zero-order valence-corrected chi connectivity index (χ0v) is 15.3. The normalized spacial score (nSPS) is 16.2. The minimum atomic E-state index is 0.635. The number of aromatic nitrogens is 2. The van der Waals surface area contributed by atoms with Gasteiger partial charge in [-0.05, 0) is 24.1 Å². The third kappa shape index (κ3) is 5.54. The zero-order valence-electron chi connectivity index (χ0n) is 15.3. The number of ether oxygens (including phenoxy) is 1. The number of nitrogens with zero attached hydrogens (tertiary/aromatic N) is 4. The van der Waals surface area contributed by atoms with Crippen molar-refractivity contribution in [1.29, 1.82) is 0 Å². The van der Waals surface area contributed by atoms with Crippen LogP contribution in [0, 0.1) is 6.92 Å². The fourth-order valence-electron chi connectivity index (χ4n) is 2.99. The van der Waals surface area contributed by atoms with E-state index < -0.39 is 0 Å². The van der Waals surface area contributed by atoms with Crippen LogP contribution in [0.25, 0.3) is 0 Å². The van der Waals surface area contributed by atoms with Gasteiger partial charge in [0.1, 0.15) is 5.75 Å². The summed E-state index contributed by atoms with van der Waals surface area (Å²) in [5, 5.41) is 3.98. The molecule has 0 radical (unpaired) electrons. The number of piperazine rings is 1. The Hall–Kier alpha value is -1.92. The second kappa shape index (κ2) is 8.97. The minimum absolute atomic E-state index is 0.635. The van der Waals surface area contributed by atoms with Crippen molar-refractivity contribution >= 4 is 0 Å². The van der Waals surface area contributed by atoms with Crippen LogP contribution in [0.15, 0.2) is 28.8 Å². The van der Waals surface area contributed by atoms with Crippen molar-refractivity contribution in [2.45, 2.75) is 39.8 Å². The minimum Gasteiger partial charge on any atom is -0.494 e. The van der Waals surface area contributed by atoms with Crippen molar-refractivity contribution in [2.24, 2.45) is 0 Å². The lowest BCUT2D eigenvalue weighted by molar-refractivity contribution is 0.119. The van der Waals surface area contributed by atoms with E-state index in [2.05, 4.69) is 51.1 Å². The molecule has 136 valence electrons. The third-order valence-electron chi connectivity index (χ3n) is 4.50. The van der Waals surface area contributed by atoms with Crippen LogP contribution in [-0.4, -0.2) is 52.7 Å². The molecule has 2 aromatic rings. The smallest absolute Gasteiger partial charge is 0.223 e. The van der Waals surface area contributed by atoms with E-state index in [1.54, 1.807) is 0 Å². The summed E-state index contributed by atoms with van der Waals surface area (Å²) >= 11 is 0. The molecule has 1 aromatic carbocycles. The first-order valence-electron chi connectivity index (χ1n) is 9.18. The van der Waals surface area contributed by atoms with Gasteiger partial charge in [0.05, 0.1) is 13.2 Å². The van der Waals surface area contributed by atoms with Crippen molar-refractivity contribution in [1.82, 2.24) is 19.9 Å². The molecule has 0 aliphatic carbocycles. The van der Waals surface area contributed by atoms with E-state index in [4.69, 9.17) is 9.26 Å². The number of aryl methyl sites for hydroxylation is 1. The van der Waals surface area contributed by atoms with Gasteiger partial charge in [-0.1, -0.05) is 30.6 Å². The molecule has 1 aliphatic rings. The van der Waals surface area contributed by atoms with Gasteiger partial charge in [-0.3, -0.25) is 9.80 Å². The van der Waals surface area contributed by atoms with Gasteiger partial charge in [-0.15, -0.1) is 0 Å². The van der Waals surface area contributed by atoms with Crippen molar-refractivity contribution < 1.29 is 9.26 Å². The summed E-state index contributed by atoms with van der Waals surface area (Å²) in [4.78, 5) is 9.15. The first-order valence-corrected chi connectivity index (χ1v) is 9.18. The highest BCUT2D eigenvalue weighted by Crippen LogP contribution is 2.15. The van der Waals surface area contributed by atoms with Gasteiger partial charge in [0.25, 0.3) is 0 Å². The second-order valence-electron chi connectivity index (χ2n) is 6.63. The van der Waals surface area contributed by atoms with Crippen LogP contribution in [0.2, 0.25) is 0 Å². The Morgan fingerprint density at radius 2 is 1.72 bits per heavy atom. The summed E-state index contributed by atoms with van der Waals surface area (Å²) in [6.45, 7) is 10.8. The van der Waals surface area contributed by atoms with Crippen molar-refractivity contribution in [3.05, 3.63) is 41.5 Å². The third-order valence-corrected chi connectivity index (χ3v) is 4.50. The van der Waals surface area contributed by atoms with Crippen LogP contribution in [0.3, 0.4) is 0 Å². The van der Waals surface area contributed by atoms with Crippen molar-refractivity contribution in [2.75, 3.05) is 32.8 Å². The van der Waals surface area contributed by atoms with Crippen LogP contribution < -0.4 is 4.74 Å². The van der Waals surface area contributed by atoms with E-state index in [0.717, 1.165) is 70.3 Å². The van der Waals surface area contributed by atoms with E-state index in [-0.39, 0.29) is 0 Å². The Kier molecular flexibility index (Phi) is 6.42. The largest absolute Gasteiger partial charge is 0.494 e. The number of benzene rings is 1. The molecule has 2 heterocycles. The molecule has 0 saturated carbocycles. The standard InChI is InChI=1S/C19H28N4O2/c1-3-4-13-24-18-7-5-17(6-8-18)14-22-9-11-23(12-10-22)15-19-20-16(2)25-21-19/h5-8H,3-4,9-15H2,1-2H3. The van der Waals surface area contributed by atoms with E-state index in [9.17, 15) is 0 Å². The average molecular weight is 344 g/mol. The number of hydrogen-bond donors (Lipinski definition) is 0. The Balaban J connectivity index is 1.41. The maximum absolute atomic E-state index is 5.72. The molecule has 0 amide bonds. The SMILES string of the molecule is CCCCOc1ccc(CN2CCN(Cc3noc(C)n3)CC2)cc1. The first kappa shape index (κ1) is 17.9. The van der Waals surface area contributed by atoms with Crippen molar-refractivity contribution in [3.8, 4) is 5.75 Å². The van der Waals surface area contributed by atoms with E-state index >= 15 is 0 Å². The quantitative estimate of drug-likeness (QED) is 0.687. The number of rotatable bonds is 8. The first-order chi connectivity index (χ1) is 12.2. The lowest BCUT2D eigenvalue weighted by atomic mass is 10.2. The molecule has 1 saturated heterocycles. The number of unbranched alkanes of at least 4 members (excludes halogenated alkanes) is 1. The van der Waals surface area contributed by atoms with Gasteiger partial charge in [-0.25, -0.2) is 0 Å². The predicted molar refractivity (Wildman–Crippen MR) is 96.4 cm³/mol. The van der Waals surface area contributed by atoms with Gasteiger partial charge in [0, 0.05) is 39.6 Å². The maximum Gasteiger partial charge on any atom is 0.223 e. The summed E-state index contributed by atoms with van der Waals surface area (Å²) in [6.07, 6.45) is 2.27. The molecule has 0 N–H and O–H groups in total. The van der Waals surface area contributed by atoms with Gasteiger partial charge in [0.15, 0.2) is 5.82 Å².